The summed E-state index contributed by atoms with van der Waals surface area (Å²) in [5.41, 5.74) is 11.7. The minimum absolute atomic E-state index is 0. The molecule has 0 aliphatic heterocycles. The molecule has 0 amide bonds. The van der Waals surface area contributed by atoms with Gasteiger partial charge in [-0.2, -0.15) is 0 Å². The van der Waals surface area contributed by atoms with Gasteiger partial charge in [-0.25, -0.2) is 19.4 Å². The van der Waals surface area contributed by atoms with E-state index in [1.165, 1.54) is 0 Å². The van der Waals surface area contributed by atoms with Gasteiger partial charge in [0, 0.05) is 19.5 Å². The molecule has 41 heavy (non-hydrogen) atoms. The molecule has 0 atom stereocenters. The number of rotatable bonds is 0. The molecule has 4 nitrogen and oxygen atoms in total. The predicted molar refractivity (Wildman–Crippen MR) is 169 cm³/mol. The molecule has 0 heterocycles. The summed E-state index contributed by atoms with van der Waals surface area (Å²) in [4.78, 5) is 13.7. The van der Waals surface area contributed by atoms with Crippen molar-refractivity contribution in [3.63, 3.8) is 0 Å². The Hall–Kier alpha value is -4.54. The molecule has 4 rings (SSSR count). The predicted octanol–water partition coefficient (Wildman–Crippen LogP) is 11.4. The van der Waals surface area contributed by atoms with Crippen molar-refractivity contribution in [1.29, 1.82) is 0 Å². The molecule has 0 aromatic heterocycles. The van der Waals surface area contributed by atoms with Gasteiger partial charge < -0.3 is 0 Å². The van der Waals surface area contributed by atoms with E-state index in [-0.39, 0.29) is 19.5 Å². The molecule has 0 N–H and O–H groups in total. The molecule has 0 saturated heterocycles. The van der Waals surface area contributed by atoms with Crippen LogP contribution in [0.2, 0.25) is 0 Å². The second kappa shape index (κ2) is 18.7. The van der Waals surface area contributed by atoms with Crippen molar-refractivity contribution in [2.45, 2.75) is 55.4 Å². The summed E-state index contributed by atoms with van der Waals surface area (Å²) in [6.45, 7) is 43.1. The molecule has 0 spiro atoms. The first-order valence-electron chi connectivity index (χ1n) is 12.8. The molecule has 5 heteroatoms. The van der Waals surface area contributed by atoms with E-state index in [0.29, 0.717) is 0 Å². The Bertz CT molecular complexity index is 1300. The zero-order valence-corrected chi connectivity index (χ0v) is 26.7. The summed E-state index contributed by atoms with van der Waals surface area (Å²) in [6.07, 6.45) is 0. The first-order chi connectivity index (χ1) is 19.0. The van der Waals surface area contributed by atoms with Gasteiger partial charge in [0.2, 0.25) is 0 Å². The molecule has 0 aliphatic carbocycles. The molecule has 209 valence electrons. The third-order valence-corrected chi connectivity index (χ3v) is 6.21. The second-order valence-electron chi connectivity index (χ2n) is 9.41. The molecule has 1 radical (unpaired) electrons. The van der Waals surface area contributed by atoms with Crippen LogP contribution in [0.5, 0.6) is 0 Å². The van der Waals surface area contributed by atoms with Crippen molar-refractivity contribution >= 4 is 22.7 Å². The number of para-hydroxylation sites is 4. The maximum Gasteiger partial charge on any atom is 0.193 e. The van der Waals surface area contributed by atoms with Gasteiger partial charge in [0.05, 0.1) is 26.3 Å². The normalized spacial score (nSPS) is 8.68. The summed E-state index contributed by atoms with van der Waals surface area (Å²) in [7, 11) is 0. The van der Waals surface area contributed by atoms with Gasteiger partial charge in [0.1, 0.15) is 0 Å². The fraction of sp³-hybridized carbons (Fsp3) is 0.222. The summed E-state index contributed by atoms with van der Waals surface area (Å²) in [5, 5.41) is 0. The smallest absolute Gasteiger partial charge is 0.193 e. The van der Waals surface area contributed by atoms with Gasteiger partial charge in [0.25, 0.3) is 0 Å². The zero-order valence-electron chi connectivity index (χ0n) is 25.1. The van der Waals surface area contributed by atoms with Crippen LogP contribution in [0, 0.1) is 81.7 Å². The van der Waals surface area contributed by atoms with E-state index in [1.807, 2.05) is 128 Å². The van der Waals surface area contributed by atoms with Crippen LogP contribution in [0.1, 0.15) is 44.5 Å². The van der Waals surface area contributed by atoms with Crippen LogP contribution in [0.4, 0.5) is 22.7 Å². The minimum Gasteiger partial charge on any atom is -0.238 e. The maximum absolute atomic E-state index is 6.85. The first-order valence-corrected chi connectivity index (χ1v) is 12.8. The summed E-state index contributed by atoms with van der Waals surface area (Å²) in [5.74, 6) is 0. The van der Waals surface area contributed by atoms with Crippen molar-refractivity contribution in [3.8, 4) is 0 Å². The Kier molecular flexibility index (Phi) is 16.6. The van der Waals surface area contributed by atoms with Crippen LogP contribution >= 0.6 is 0 Å². The third-order valence-electron chi connectivity index (χ3n) is 6.21. The van der Waals surface area contributed by atoms with Crippen molar-refractivity contribution in [3.05, 3.63) is 163 Å². The zero-order chi connectivity index (χ0) is 30.2. The number of nitrogens with zero attached hydrogens (tertiary/aromatic N) is 4. The van der Waals surface area contributed by atoms with Gasteiger partial charge in [-0.3, -0.25) is 0 Å². The number of aryl methyl sites for hydroxylation is 8. The van der Waals surface area contributed by atoms with Gasteiger partial charge >= 0.3 is 0 Å². The average Bonchev–Trinajstić information content (AvgIpc) is 2.90. The summed E-state index contributed by atoms with van der Waals surface area (Å²) >= 11 is 0. The van der Waals surface area contributed by atoms with Crippen LogP contribution in [0.25, 0.3) is 19.4 Å². The van der Waals surface area contributed by atoms with E-state index in [2.05, 4.69) is 19.4 Å². The van der Waals surface area contributed by atoms with Crippen LogP contribution in [0.3, 0.4) is 0 Å². The van der Waals surface area contributed by atoms with E-state index in [9.17, 15) is 0 Å². The molecule has 0 aliphatic rings. The first kappa shape index (κ1) is 36.5. The minimum atomic E-state index is 0. The SMILES string of the molecule is [C-]#[N+]c1c(C)cccc1C.[C-]#[N+]c1c(C)cccc1C.[C-]#[N+]c1c(C)cccc1C.[C-]#[N+]c1c(C)cccc1C.[Rh]. The molecule has 0 unspecified atom stereocenters. The Morgan fingerprint density at radius 2 is 0.439 bits per heavy atom. The van der Waals surface area contributed by atoms with Crippen molar-refractivity contribution in [2.75, 3.05) is 0 Å². The van der Waals surface area contributed by atoms with Crippen molar-refractivity contribution in [1.82, 2.24) is 0 Å². The van der Waals surface area contributed by atoms with Crippen molar-refractivity contribution < 1.29 is 19.5 Å². The van der Waals surface area contributed by atoms with Crippen LogP contribution in [-0.2, 0) is 19.5 Å². The number of benzene rings is 4. The maximum atomic E-state index is 6.85. The van der Waals surface area contributed by atoms with Crippen LogP contribution < -0.4 is 0 Å². The number of hydrogen-bond acceptors (Lipinski definition) is 0. The van der Waals surface area contributed by atoms with Gasteiger partial charge in [0.15, 0.2) is 22.7 Å². The second-order valence-corrected chi connectivity index (χ2v) is 9.41. The molecule has 4 aromatic rings. The molecule has 0 saturated carbocycles. The molecular weight excluding hydrogens is 591 g/mol. The topological polar surface area (TPSA) is 17.4 Å². The fourth-order valence-electron chi connectivity index (χ4n) is 3.93. The molecule has 4 aromatic carbocycles. The summed E-state index contributed by atoms with van der Waals surface area (Å²) in [6, 6.07) is 23.6. The number of hydrogen-bond donors (Lipinski definition) is 0. The third kappa shape index (κ3) is 11.2. The van der Waals surface area contributed by atoms with Crippen molar-refractivity contribution in [2.24, 2.45) is 0 Å². The Morgan fingerprint density at radius 3 is 0.512 bits per heavy atom. The molecule has 0 bridgehead atoms. The average molecular weight is 628 g/mol. The molecular formula is C36H36N4Rh. The van der Waals surface area contributed by atoms with E-state index in [4.69, 9.17) is 26.3 Å². The monoisotopic (exact) mass is 627 g/mol. The van der Waals surface area contributed by atoms with Crippen LogP contribution in [0.15, 0.2) is 72.8 Å². The Labute approximate surface area is 259 Å². The summed E-state index contributed by atoms with van der Waals surface area (Å²) < 4.78 is 0. The fourth-order valence-corrected chi connectivity index (χ4v) is 3.93. The standard InChI is InChI=1S/4C9H9N.Rh/c4*1-7-5-4-6-8(2)9(7)10-3;/h4*4-6H,1-2H3;. The Morgan fingerprint density at radius 1 is 0.317 bits per heavy atom. The quantitative estimate of drug-likeness (QED) is 0.136. The largest absolute Gasteiger partial charge is 0.238 e. The van der Waals surface area contributed by atoms with E-state index in [0.717, 1.165) is 67.3 Å². The van der Waals surface area contributed by atoms with E-state index < -0.39 is 0 Å². The van der Waals surface area contributed by atoms with E-state index >= 15 is 0 Å². The van der Waals surface area contributed by atoms with Crippen LogP contribution in [-0.4, -0.2) is 0 Å². The molecule has 0 fully saturated rings. The Balaban J connectivity index is 0.000000516. The van der Waals surface area contributed by atoms with Gasteiger partial charge in [-0.15, -0.1) is 0 Å². The van der Waals surface area contributed by atoms with Gasteiger partial charge in [-0.1, -0.05) is 72.8 Å². The van der Waals surface area contributed by atoms with Gasteiger partial charge in [-0.05, 0) is 99.9 Å². The van der Waals surface area contributed by atoms with E-state index in [1.54, 1.807) is 0 Å².